The molecule has 1 aromatic carbocycles. The van der Waals surface area contributed by atoms with Crippen LogP contribution in [0, 0.1) is 0 Å². The molecule has 1 aromatic heterocycles. The van der Waals surface area contributed by atoms with Crippen molar-refractivity contribution in [2.45, 2.75) is 25.4 Å². The largest absolute Gasteiger partial charge is 0.497 e. The third-order valence-electron chi connectivity index (χ3n) is 3.24. The Morgan fingerprint density at radius 3 is 2.65 bits per heavy atom. The molecule has 2 rings (SSSR count). The first-order valence-corrected chi connectivity index (χ1v) is 6.96. The molecule has 0 aliphatic rings. The van der Waals surface area contributed by atoms with Gasteiger partial charge in [0.05, 0.1) is 18.2 Å². The van der Waals surface area contributed by atoms with Crippen LogP contribution < -0.4 is 4.74 Å². The molecule has 1 unspecified atom stereocenters. The van der Waals surface area contributed by atoms with Crippen LogP contribution in [0.2, 0.25) is 5.02 Å². The van der Waals surface area contributed by atoms with Gasteiger partial charge in [-0.15, -0.1) is 0 Å². The molecule has 4 heteroatoms. The second kappa shape index (κ2) is 7.27. The quantitative estimate of drug-likeness (QED) is 0.888. The number of aromatic nitrogens is 1. The molecule has 0 radical (unpaired) electrons. The van der Waals surface area contributed by atoms with E-state index in [2.05, 4.69) is 4.98 Å². The van der Waals surface area contributed by atoms with Gasteiger partial charge in [0.15, 0.2) is 0 Å². The van der Waals surface area contributed by atoms with E-state index in [1.807, 2.05) is 30.3 Å². The van der Waals surface area contributed by atoms with Gasteiger partial charge in [-0.05, 0) is 48.6 Å². The molecule has 1 heterocycles. The highest BCUT2D eigenvalue weighted by molar-refractivity contribution is 6.31. The third kappa shape index (κ3) is 4.22. The molecular formula is C16H18ClNO2. The summed E-state index contributed by atoms with van der Waals surface area (Å²) < 4.78 is 5.12. The van der Waals surface area contributed by atoms with Gasteiger partial charge < -0.3 is 9.84 Å². The molecule has 3 nitrogen and oxygen atoms in total. The van der Waals surface area contributed by atoms with Crippen LogP contribution in [0.5, 0.6) is 5.75 Å². The van der Waals surface area contributed by atoms with Crippen molar-refractivity contribution in [1.29, 1.82) is 0 Å². The van der Waals surface area contributed by atoms with E-state index < -0.39 is 6.10 Å². The Morgan fingerprint density at radius 2 is 2.00 bits per heavy atom. The standard InChI is InChI=1S/C16H18ClNO2/c1-20-15-6-3-12(4-7-15)2-5-14(19)10-13-8-9-18-11-16(13)17/h3-4,6-9,11,14,19H,2,5,10H2,1H3. The number of aliphatic hydroxyl groups excluding tert-OH is 1. The zero-order valence-corrected chi connectivity index (χ0v) is 12.2. The number of ether oxygens (including phenoxy) is 1. The van der Waals surface area contributed by atoms with Gasteiger partial charge in [-0.3, -0.25) is 4.98 Å². The highest BCUT2D eigenvalue weighted by Gasteiger charge is 2.09. The molecule has 0 aliphatic heterocycles. The number of hydrogen-bond acceptors (Lipinski definition) is 3. The number of methoxy groups -OCH3 is 1. The van der Waals surface area contributed by atoms with Crippen molar-refractivity contribution >= 4 is 11.6 Å². The maximum atomic E-state index is 10.1. The average Bonchev–Trinajstić information content (AvgIpc) is 2.48. The molecule has 1 atom stereocenters. The van der Waals surface area contributed by atoms with E-state index in [4.69, 9.17) is 16.3 Å². The monoisotopic (exact) mass is 291 g/mol. The first-order chi connectivity index (χ1) is 9.69. The molecule has 106 valence electrons. The number of pyridine rings is 1. The summed E-state index contributed by atoms with van der Waals surface area (Å²) in [5, 5.41) is 10.7. The van der Waals surface area contributed by atoms with Crippen LogP contribution in [0.25, 0.3) is 0 Å². The summed E-state index contributed by atoms with van der Waals surface area (Å²) in [6.07, 6.45) is 4.97. The summed E-state index contributed by atoms with van der Waals surface area (Å²) in [5.74, 6) is 0.845. The highest BCUT2D eigenvalue weighted by Crippen LogP contribution is 2.18. The van der Waals surface area contributed by atoms with Crippen LogP contribution in [-0.2, 0) is 12.8 Å². The summed E-state index contributed by atoms with van der Waals surface area (Å²) in [5.41, 5.74) is 2.12. The van der Waals surface area contributed by atoms with Crippen molar-refractivity contribution in [3.8, 4) is 5.75 Å². The molecule has 0 saturated carbocycles. The lowest BCUT2D eigenvalue weighted by Crippen LogP contribution is -2.12. The van der Waals surface area contributed by atoms with E-state index in [1.54, 1.807) is 19.5 Å². The van der Waals surface area contributed by atoms with Crippen LogP contribution in [0.15, 0.2) is 42.7 Å². The van der Waals surface area contributed by atoms with Gasteiger partial charge in [0.1, 0.15) is 5.75 Å². The maximum Gasteiger partial charge on any atom is 0.118 e. The fourth-order valence-electron chi connectivity index (χ4n) is 2.05. The molecule has 0 amide bonds. The van der Waals surface area contributed by atoms with Crippen molar-refractivity contribution in [2.75, 3.05) is 7.11 Å². The fourth-order valence-corrected chi connectivity index (χ4v) is 2.25. The topological polar surface area (TPSA) is 42.4 Å². The van der Waals surface area contributed by atoms with Gasteiger partial charge in [0, 0.05) is 12.4 Å². The Kier molecular flexibility index (Phi) is 5.39. The number of aliphatic hydroxyl groups is 1. The molecule has 0 aliphatic carbocycles. The second-order valence-electron chi connectivity index (χ2n) is 4.71. The first kappa shape index (κ1) is 14.8. The molecule has 2 aromatic rings. The number of halogens is 1. The van der Waals surface area contributed by atoms with E-state index in [9.17, 15) is 5.11 Å². The van der Waals surface area contributed by atoms with Gasteiger partial charge in [0.25, 0.3) is 0 Å². The van der Waals surface area contributed by atoms with Crippen LogP contribution in [0.3, 0.4) is 0 Å². The lowest BCUT2D eigenvalue weighted by atomic mass is 10.0. The van der Waals surface area contributed by atoms with Gasteiger partial charge in [-0.2, -0.15) is 0 Å². The van der Waals surface area contributed by atoms with Crippen LogP contribution >= 0.6 is 11.6 Å². The lowest BCUT2D eigenvalue weighted by Gasteiger charge is -2.11. The lowest BCUT2D eigenvalue weighted by molar-refractivity contribution is 0.165. The molecule has 1 N–H and O–H groups in total. The van der Waals surface area contributed by atoms with Crippen molar-refractivity contribution in [2.24, 2.45) is 0 Å². The smallest absolute Gasteiger partial charge is 0.118 e. The Bertz CT molecular complexity index is 542. The second-order valence-corrected chi connectivity index (χ2v) is 5.12. The van der Waals surface area contributed by atoms with Crippen molar-refractivity contribution in [3.63, 3.8) is 0 Å². The van der Waals surface area contributed by atoms with Crippen molar-refractivity contribution in [1.82, 2.24) is 4.98 Å². The van der Waals surface area contributed by atoms with E-state index >= 15 is 0 Å². The minimum Gasteiger partial charge on any atom is -0.497 e. The maximum absolute atomic E-state index is 10.1. The molecule has 0 fully saturated rings. The minimum atomic E-state index is -0.406. The van der Waals surface area contributed by atoms with Gasteiger partial charge in [0.2, 0.25) is 0 Å². The Hall–Kier alpha value is -1.58. The van der Waals surface area contributed by atoms with Gasteiger partial charge in [-0.1, -0.05) is 23.7 Å². The zero-order chi connectivity index (χ0) is 14.4. The van der Waals surface area contributed by atoms with Crippen molar-refractivity contribution in [3.05, 3.63) is 58.9 Å². The van der Waals surface area contributed by atoms with Crippen LogP contribution in [0.4, 0.5) is 0 Å². The minimum absolute atomic E-state index is 0.406. The number of rotatable bonds is 6. The third-order valence-corrected chi connectivity index (χ3v) is 3.58. The molecule has 20 heavy (non-hydrogen) atoms. The number of nitrogens with zero attached hydrogens (tertiary/aromatic N) is 1. The first-order valence-electron chi connectivity index (χ1n) is 6.58. The van der Waals surface area contributed by atoms with Gasteiger partial charge >= 0.3 is 0 Å². The Labute approximate surface area is 124 Å². The number of benzene rings is 1. The Morgan fingerprint density at radius 1 is 1.25 bits per heavy atom. The van der Waals surface area contributed by atoms with E-state index in [1.165, 1.54) is 5.56 Å². The summed E-state index contributed by atoms with van der Waals surface area (Å²) in [7, 11) is 1.65. The predicted molar refractivity (Wildman–Crippen MR) is 80.3 cm³/mol. The van der Waals surface area contributed by atoms with Crippen LogP contribution in [0.1, 0.15) is 17.5 Å². The summed E-state index contributed by atoms with van der Waals surface area (Å²) >= 11 is 6.03. The fraction of sp³-hybridized carbons (Fsp3) is 0.312. The SMILES string of the molecule is COc1ccc(CCC(O)Cc2ccncc2Cl)cc1. The highest BCUT2D eigenvalue weighted by atomic mass is 35.5. The summed E-state index contributed by atoms with van der Waals surface area (Å²) in [4.78, 5) is 3.94. The molecule has 0 bridgehead atoms. The summed E-state index contributed by atoms with van der Waals surface area (Å²) in [6.45, 7) is 0. The van der Waals surface area contributed by atoms with Crippen LogP contribution in [-0.4, -0.2) is 23.3 Å². The van der Waals surface area contributed by atoms with E-state index in [0.717, 1.165) is 17.7 Å². The zero-order valence-electron chi connectivity index (χ0n) is 11.4. The van der Waals surface area contributed by atoms with Gasteiger partial charge in [-0.25, -0.2) is 0 Å². The molecule has 0 spiro atoms. The Balaban J connectivity index is 1.85. The normalized spacial score (nSPS) is 12.2. The summed E-state index contributed by atoms with van der Waals surface area (Å²) in [6, 6.07) is 9.75. The van der Waals surface area contributed by atoms with E-state index in [0.29, 0.717) is 17.9 Å². The molecular weight excluding hydrogens is 274 g/mol. The van der Waals surface area contributed by atoms with E-state index in [-0.39, 0.29) is 0 Å². The average molecular weight is 292 g/mol. The number of hydrogen-bond donors (Lipinski definition) is 1. The van der Waals surface area contributed by atoms with Crippen molar-refractivity contribution < 1.29 is 9.84 Å². The molecule has 0 saturated heterocycles. The predicted octanol–water partition coefficient (Wildman–Crippen LogP) is 3.28. The number of aryl methyl sites for hydroxylation is 1.